The molecule has 0 fully saturated rings. The van der Waals surface area contributed by atoms with Crippen LogP contribution in [-0.2, 0) is 0 Å². The molecule has 6 heavy (non-hydrogen) atoms. The van der Waals surface area contributed by atoms with E-state index in [2.05, 4.69) is 15.9 Å². The molecule has 0 saturated carbocycles. The minimum absolute atomic E-state index is 0.0885. The molecule has 0 aromatic heterocycles. The first-order valence-corrected chi connectivity index (χ1v) is 3.23. The van der Waals surface area contributed by atoms with Crippen LogP contribution in [0.4, 0.5) is 4.39 Å². The monoisotopic (exact) mass is 174 g/mol. The zero-order chi connectivity index (χ0) is 4.99. The van der Waals surface area contributed by atoms with Crippen molar-refractivity contribution in [3.8, 4) is 0 Å². The molecule has 0 aliphatic heterocycles. The van der Waals surface area contributed by atoms with Gasteiger partial charge in [0.15, 0.2) is 0 Å². The molecule has 0 amide bonds. The third-order valence-electron chi connectivity index (χ3n) is 0.335. The Morgan fingerprint density at radius 2 is 2.33 bits per heavy atom. The van der Waals surface area contributed by atoms with Crippen molar-refractivity contribution < 1.29 is 4.39 Å². The Bertz CT molecular complexity index is 30.0. The molecule has 0 nitrogen and oxygen atoms in total. The summed E-state index contributed by atoms with van der Waals surface area (Å²) >= 11 is 7.96. The molecular formula is C3H5BrClF. The average Bonchev–Trinajstić information content (AvgIpc) is 1.65. The van der Waals surface area contributed by atoms with Crippen molar-refractivity contribution in [1.82, 2.24) is 0 Å². The van der Waals surface area contributed by atoms with Crippen molar-refractivity contribution in [1.29, 1.82) is 0 Å². The summed E-state index contributed by atoms with van der Waals surface area (Å²) in [5, 5.41) is 0.344. The van der Waals surface area contributed by atoms with Gasteiger partial charge in [-0.15, -0.1) is 11.6 Å². The van der Waals surface area contributed by atoms with E-state index in [4.69, 9.17) is 11.6 Å². The van der Waals surface area contributed by atoms with Crippen molar-refractivity contribution in [3.63, 3.8) is 0 Å². The summed E-state index contributed by atoms with van der Waals surface area (Å²) in [5.74, 6) is 0.0885. The van der Waals surface area contributed by atoms with Gasteiger partial charge in [-0.2, -0.15) is 0 Å². The summed E-state index contributed by atoms with van der Waals surface area (Å²) < 4.78 is 11.7. The molecule has 0 spiro atoms. The predicted molar refractivity (Wildman–Crippen MR) is 29.4 cm³/mol. The second-order valence-electron chi connectivity index (χ2n) is 0.906. The van der Waals surface area contributed by atoms with Crippen molar-refractivity contribution in [2.45, 2.75) is 6.17 Å². The largest absolute Gasteiger partial charge is 0.245 e. The van der Waals surface area contributed by atoms with Gasteiger partial charge in [0.1, 0.15) is 6.17 Å². The minimum Gasteiger partial charge on any atom is -0.245 e. The van der Waals surface area contributed by atoms with Crippen LogP contribution in [0.1, 0.15) is 0 Å². The number of rotatable bonds is 2. The fourth-order valence-corrected chi connectivity index (χ4v) is 0.643. The molecule has 38 valence electrons. The standard InChI is InChI=1S/C3H5BrClF/c4-1-3(6)2-5/h3H,1-2H2/t3-/m1/s1. The SMILES string of the molecule is F[C@@H](CCl)CBr. The van der Waals surface area contributed by atoms with Gasteiger partial charge < -0.3 is 0 Å². The van der Waals surface area contributed by atoms with E-state index >= 15 is 0 Å². The highest BCUT2D eigenvalue weighted by Gasteiger charge is 1.97. The highest BCUT2D eigenvalue weighted by molar-refractivity contribution is 9.09. The van der Waals surface area contributed by atoms with Crippen LogP contribution in [0.25, 0.3) is 0 Å². The summed E-state index contributed by atoms with van der Waals surface area (Å²) in [5.41, 5.74) is 0. The van der Waals surface area contributed by atoms with E-state index in [9.17, 15) is 4.39 Å². The quantitative estimate of drug-likeness (QED) is 0.563. The second-order valence-corrected chi connectivity index (χ2v) is 1.86. The van der Waals surface area contributed by atoms with Crippen LogP contribution in [0.15, 0.2) is 0 Å². The Balaban J connectivity index is 2.75. The van der Waals surface area contributed by atoms with E-state index < -0.39 is 6.17 Å². The summed E-state index contributed by atoms with van der Waals surface area (Å²) in [4.78, 5) is 0. The molecule has 0 aromatic rings. The number of alkyl halides is 3. The van der Waals surface area contributed by atoms with Crippen LogP contribution in [0, 0.1) is 0 Å². The van der Waals surface area contributed by atoms with Gasteiger partial charge in [-0.3, -0.25) is 0 Å². The summed E-state index contributed by atoms with van der Waals surface area (Å²) in [7, 11) is 0. The number of hydrogen-bond donors (Lipinski definition) is 0. The molecule has 3 heteroatoms. The first kappa shape index (κ1) is 6.70. The molecule has 0 N–H and O–H groups in total. The Kier molecular flexibility index (Phi) is 4.33. The third-order valence-corrected chi connectivity index (χ3v) is 1.37. The van der Waals surface area contributed by atoms with Crippen LogP contribution in [0.2, 0.25) is 0 Å². The molecule has 0 heterocycles. The van der Waals surface area contributed by atoms with E-state index in [1.54, 1.807) is 0 Å². The third kappa shape index (κ3) is 2.91. The van der Waals surface area contributed by atoms with Crippen molar-refractivity contribution in [3.05, 3.63) is 0 Å². The molecule has 0 bridgehead atoms. The molecule has 0 aliphatic rings. The maximum absolute atomic E-state index is 11.7. The van der Waals surface area contributed by atoms with Crippen LogP contribution in [0.3, 0.4) is 0 Å². The molecule has 0 saturated heterocycles. The molecule has 0 aliphatic carbocycles. The zero-order valence-corrected chi connectivity index (χ0v) is 5.47. The van der Waals surface area contributed by atoms with Crippen LogP contribution in [0.5, 0.6) is 0 Å². The van der Waals surface area contributed by atoms with Gasteiger partial charge in [0.05, 0.1) is 5.88 Å². The number of halogens is 3. The molecule has 0 unspecified atom stereocenters. The van der Waals surface area contributed by atoms with Gasteiger partial charge in [0.25, 0.3) is 0 Å². The van der Waals surface area contributed by atoms with Crippen LogP contribution in [-0.4, -0.2) is 17.4 Å². The van der Waals surface area contributed by atoms with Gasteiger partial charge in [0, 0.05) is 5.33 Å². The fourth-order valence-electron chi connectivity index (χ4n) is 0.0412. The summed E-state index contributed by atoms with van der Waals surface area (Å²) in [6.07, 6.45) is -0.883. The Morgan fingerprint density at radius 1 is 1.83 bits per heavy atom. The molecule has 1 atom stereocenters. The van der Waals surface area contributed by atoms with Crippen molar-refractivity contribution >= 4 is 27.5 Å². The second kappa shape index (κ2) is 3.88. The number of hydrogen-bond acceptors (Lipinski definition) is 0. The lowest BCUT2D eigenvalue weighted by Gasteiger charge is -1.91. The first-order valence-electron chi connectivity index (χ1n) is 1.57. The van der Waals surface area contributed by atoms with Gasteiger partial charge in [-0.25, -0.2) is 4.39 Å². The van der Waals surface area contributed by atoms with Crippen molar-refractivity contribution in [2.75, 3.05) is 11.2 Å². The lowest BCUT2D eigenvalue weighted by molar-refractivity contribution is 0.404. The molecule has 0 rings (SSSR count). The van der Waals surface area contributed by atoms with E-state index in [-0.39, 0.29) is 5.88 Å². The maximum Gasteiger partial charge on any atom is 0.123 e. The lowest BCUT2D eigenvalue weighted by atomic mass is 10.5. The van der Waals surface area contributed by atoms with Gasteiger partial charge in [-0.05, 0) is 0 Å². The van der Waals surface area contributed by atoms with E-state index in [1.165, 1.54) is 0 Å². The van der Waals surface area contributed by atoms with Crippen molar-refractivity contribution in [2.24, 2.45) is 0 Å². The fraction of sp³-hybridized carbons (Fsp3) is 1.00. The van der Waals surface area contributed by atoms with Crippen LogP contribution >= 0.6 is 27.5 Å². The van der Waals surface area contributed by atoms with E-state index in [0.717, 1.165) is 0 Å². The maximum atomic E-state index is 11.7. The zero-order valence-electron chi connectivity index (χ0n) is 3.13. The normalized spacial score (nSPS) is 14.5. The van der Waals surface area contributed by atoms with Gasteiger partial charge in [0.2, 0.25) is 0 Å². The lowest BCUT2D eigenvalue weighted by Crippen LogP contribution is -2.00. The highest BCUT2D eigenvalue weighted by Crippen LogP contribution is 1.96. The first-order chi connectivity index (χ1) is 2.81. The van der Waals surface area contributed by atoms with E-state index in [1.807, 2.05) is 0 Å². The predicted octanol–water partition coefficient (Wildman–Crippen LogP) is 1.96. The molecule has 0 aromatic carbocycles. The molecule has 0 radical (unpaired) electrons. The smallest absolute Gasteiger partial charge is 0.123 e. The van der Waals surface area contributed by atoms with E-state index in [0.29, 0.717) is 5.33 Å². The topological polar surface area (TPSA) is 0 Å². The Hall–Kier alpha value is 0.700. The van der Waals surface area contributed by atoms with Crippen LogP contribution < -0.4 is 0 Å². The molecular weight excluding hydrogens is 170 g/mol. The Morgan fingerprint density at radius 3 is 2.33 bits per heavy atom. The van der Waals surface area contributed by atoms with Gasteiger partial charge in [-0.1, -0.05) is 15.9 Å². The summed E-state index contributed by atoms with van der Waals surface area (Å²) in [6, 6.07) is 0. The average molecular weight is 175 g/mol. The summed E-state index contributed by atoms with van der Waals surface area (Å²) in [6.45, 7) is 0. The Labute approximate surface area is 49.8 Å². The van der Waals surface area contributed by atoms with Gasteiger partial charge >= 0.3 is 0 Å². The minimum atomic E-state index is -0.883. The highest BCUT2D eigenvalue weighted by atomic mass is 79.9.